The van der Waals surface area contributed by atoms with Crippen LogP contribution in [0, 0.1) is 0 Å². The highest BCUT2D eigenvalue weighted by atomic mass is 35.5. The molecule has 0 atom stereocenters. The zero-order valence-corrected chi connectivity index (χ0v) is 25.1. The second-order valence-electron chi connectivity index (χ2n) is 9.64. The molecule has 6 aromatic rings. The summed E-state index contributed by atoms with van der Waals surface area (Å²) in [6.07, 6.45) is 0. The Labute approximate surface area is 250 Å². The van der Waals surface area contributed by atoms with Gasteiger partial charge in [-0.15, -0.1) is 12.4 Å². The molecule has 200 valence electrons. The summed E-state index contributed by atoms with van der Waals surface area (Å²) in [5.74, 6) is 0. The molecule has 0 saturated carbocycles. The van der Waals surface area contributed by atoms with E-state index in [4.69, 9.17) is 0 Å². The molecule has 0 aliphatic carbocycles. The van der Waals surface area contributed by atoms with Crippen molar-refractivity contribution in [1.82, 2.24) is 0 Å². The number of benzene rings is 6. The van der Waals surface area contributed by atoms with Crippen LogP contribution in [0.3, 0.4) is 0 Å². The van der Waals surface area contributed by atoms with E-state index in [0.29, 0.717) is 5.27 Å². The Morgan fingerprint density at radius 1 is 0.293 bits per heavy atom. The van der Waals surface area contributed by atoms with Gasteiger partial charge in [0, 0.05) is 0 Å². The number of hydrogen-bond acceptors (Lipinski definition) is 1. The van der Waals surface area contributed by atoms with Gasteiger partial charge in [-0.25, -0.2) is 4.79 Å². The smallest absolute Gasteiger partial charge is 0.208 e. The van der Waals surface area contributed by atoms with Crippen molar-refractivity contribution in [2.45, 2.75) is 0 Å². The van der Waals surface area contributed by atoms with E-state index in [1.807, 2.05) is 36.4 Å². The Morgan fingerprint density at radius 2 is 0.439 bits per heavy atom. The number of rotatable bonds is 8. The Morgan fingerprint density at radius 3 is 0.585 bits per heavy atom. The van der Waals surface area contributed by atoms with Crippen LogP contribution in [-0.2, 0) is 0 Å². The lowest BCUT2D eigenvalue weighted by atomic mass is 10.4. The Balaban J connectivity index is 0.00000337. The molecule has 6 rings (SSSR count). The lowest BCUT2D eigenvalue weighted by Crippen LogP contribution is -2.44. The lowest BCUT2D eigenvalue weighted by molar-refractivity contribution is 0.275. The number of carbonyl (C=O) groups excluding carboxylic acids is 1. The molecule has 0 aliphatic rings. The summed E-state index contributed by atoms with van der Waals surface area (Å²) in [7, 11) is -5.70. The Kier molecular flexibility index (Phi) is 8.92. The van der Waals surface area contributed by atoms with Crippen molar-refractivity contribution < 1.29 is 4.79 Å². The van der Waals surface area contributed by atoms with Gasteiger partial charge in [-0.3, -0.25) is 0 Å². The molecular weight excluding hydrogens is 558 g/mol. The summed E-state index contributed by atoms with van der Waals surface area (Å²) < 4.78 is 0. The normalized spacial score (nSPS) is 11.3. The van der Waals surface area contributed by atoms with Gasteiger partial charge in [0.15, 0.2) is 0 Å². The highest BCUT2D eigenvalue weighted by Crippen LogP contribution is 2.73. The summed E-state index contributed by atoms with van der Waals surface area (Å²) in [5, 5.41) is 6.74. The number of halogens is 1. The van der Waals surface area contributed by atoms with Crippen molar-refractivity contribution in [1.29, 1.82) is 0 Å². The van der Waals surface area contributed by atoms with E-state index < -0.39 is 14.5 Å². The van der Waals surface area contributed by atoms with Crippen molar-refractivity contribution in [2.24, 2.45) is 0 Å². The highest BCUT2D eigenvalue weighted by molar-refractivity contribution is 8.30. The van der Waals surface area contributed by atoms with Crippen molar-refractivity contribution >= 4 is 64.0 Å². The van der Waals surface area contributed by atoms with Gasteiger partial charge < -0.3 is 0 Å². The molecule has 0 aliphatic heterocycles. The monoisotopic (exact) mass is 588 g/mol. The van der Waals surface area contributed by atoms with Gasteiger partial charge in [-0.1, -0.05) is 109 Å². The minimum Gasteiger partial charge on any atom is -0.208 e. The molecule has 4 heteroatoms. The van der Waals surface area contributed by atoms with Gasteiger partial charge in [0.1, 0.15) is 31.8 Å². The average Bonchev–Trinajstić information content (AvgIpc) is 3.05. The van der Waals surface area contributed by atoms with Gasteiger partial charge in [0.25, 0.3) is 0 Å². The molecule has 0 N–H and O–H groups in total. The van der Waals surface area contributed by atoms with Crippen LogP contribution in [-0.4, -0.2) is 5.27 Å². The number of carbonyl (C=O) groups is 1. The van der Waals surface area contributed by atoms with Crippen LogP contribution < -0.4 is 31.8 Å². The number of hydrogen-bond donors (Lipinski definition) is 0. The van der Waals surface area contributed by atoms with E-state index in [0.717, 1.165) is 31.8 Å². The van der Waals surface area contributed by atoms with Crippen LogP contribution in [0.15, 0.2) is 182 Å². The summed E-state index contributed by atoms with van der Waals surface area (Å²) in [6.45, 7) is 0. The van der Waals surface area contributed by atoms with E-state index in [1.165, 1.54) is 0 Å². The predicted octanol–water partition coefficient (Wildman–Crippen LogP) is 7.52. The molecule has 0 spiro atoms. The molecule has 0 fully saturated rings. The molecule has 6 aromatic carbocycles. The van der Waals surface area contributed by atoms with Crippen molar-refractivity contribution in [3.8, 4) is 0 Å². The molecular formula is C37H31ClOP2+2. The van der Waals surface area contributed by atoms with E-state index in [-0.39, 0.29) is 12.4 Å². The van der Waals surface area contributed by atoms with Crippen molar-refractivity contribution in [2.75, 3.05) is 0 Å². The molecule has 0 saturated heterocycles. The largest absolute Gasteiger partial charge is 0.426 e. The Bertz CT molecular complexity index is 1360. The molecule has 0 radical (unpaired) electrons. The molecule has 1 nitrogen and oxygen atoms in total. The minimum atomic E-state index is -2.85. The van der Waals surface area contributed by atoms with E-state index >= 15 is 4.79 Å². The quantitative estimate of drug-likeness (QED) is 0.168. The van der Waals surface area contributed by atoms with Gasteiger partial charge in [0.2, 0.25) is 14.5 Å². The maximum Gasteiger partial charge on any atom is 0.426 e. The van der Waals surface area contributed by atoms with E-state index in [1.54, 1.807) is 0 Å². The van der Waals surface area contributed by atoms with E-state index in [9.17, 15) is 0 Å². The predicted molar refractivity (Wildman–Crippen MR) is 183 cm³/mol. The standard InChI is InChI=1S/C37H30OP2.ClH/c38-37(39(31-19-7-1-8-20-31,32-21-9-2-10-22-32)33-23-11-3-12-24-33)40(34-25-13-4-14-26-34,35-27-15-5-16-28-35)36-29-17-6-18-30-36;/h1-30H;1H/q+2;. The first kappa shape index (κ1) is 28.7. The van der Waals surface area contributed by atoms with Crippen LogP contribution in [0.1, 0.15) is 0 Å². The first-order valence-corrected chi connectivity index (χ1v) is 17.0. The second kappa shape index (κ2) is 12.8. The maximum atomic E-state index is 16.4. The Hall–Kier alpha value is -3.86. The fourth-order valence-corrected chi connectivity index (χ4v) is 16.4. The average molecular weight is 589 g/mol. The van der Waals surface area contributed by atoms with Crippen LogP contribution in [0.25, 0.3) is 0 Å². The maximum absolute atomic E-state index is 16.4. The summed E-state index contributed by atoms with van der Waals surface area (Å²) in [6, 6.07) is 62.9. The van der Waals surface area contributed by atoms with Gasteiger partial charge >= 0.3 is 5.27 Å². The fraction of sp³-hybridized carbons (Fsp3) is 0. The fourth-order valence-electron chi connectivity index (χ4n) is 5.69. The third kappa shape index (κ3) is 4.96. The molecule has 0 amide bonds. The second-order valence-corrected chi connectivity index (χ2v) is 16.6. The third-order valence-corrected chi connectivity index (χ3v) is 16.8. The molecule has 0 bridgehead atoms. The van der Waals surface area contributed by atoms with Crippen LogP contribution in [0.5, 0.6) is 0 Å². The summed E-state index contributed by atoms with van der Waals surface area (Å²) in [5.41, 5.74) is 0. The van der Waals surface area contributed by atoms with Crippen LogP contribution in [0.4, 0.5) is 4.79 Å². The minimum absolute atomic E-state index is 0. The van der Waals surface area contributed by atoms with Crippen molar-refractivity contribution in [3.63, 3.8) is 0 Å². The molecule has 0 aromatic heterocycles. The van der Waals surface area contributed by atoms with Gasteiger partial charge in [0.05, 0.1) is 0 Å². The zero-order chi connectivity index (χ0) is 27.3. The summed E-state index contributed by atoms with van der Waals surface area (Å²) in [4.78, 5) is 16.4. The molecule has 0 unspecified atom stereocenters. The van der Waals surface area contributed by atoms with E-state index in [2.05, 4.69) is 146 Å². The third-order valence-electron chi connectivity index (χ3n) is 7.43. The molecule has 41 heavy (non-hydrogen) atoms. The van der Waals surface area contributed by atoms with Gasteiger partial charge in [-0.2, -0.15) is 0 Å². The van der Waals surface area contributed by atoms with Crippen LogP contribution >= 0.6 is 26.9 Å². The van der Waals surface area contributed by atoms with Gasteiger partial charge in [-0.05, 0) is 72.8 Å². The first-order chi connectivity index (χ1) is 19.8. The lowest BCUT2D eigenvalue weighted by Gasteiger charge is -2.31. The first-order valence-electron chi connectivity index (χ1n) is 13.5. The van der Waals surface area contributed by atoms with Crippen LogP contribution in [0.2, 0.25) is 0 Å². The summed E-state index contributed by atoms with van der Waals surface area (Å²) >= 11 is 0. The highest BCUT2D eigenvalue weighted by Gasteiger charge is 2.69. The zero-order valence-electron chi connectivity index (χ0n) is 22.5. The molecule has 0 heterocycles. The topological polar surface area (TPSA) is 17.1 Å². The SMILES string of the molecule is Cl.O=C([P+](c1ccccc1)(c1ccccc1)c1ccccc1)[P+](c1ccccc1)(c1ccccc1)c1ccccc1. The van der Waals surface area contributed by atoms with Crippen molar-refractivity contribution in [3.05, 3.63) is 182 Å².